The number of para-hydroxylation sites is 5. The van der Waals surface area contributed by atoms with Crippen molar-refractivity contribution in [3.63, 3.8) is 0 Å². The van der Waals surface area contributed by atoms with E-state index in [-0.39, 0.29) is 10.8 Å². The van der Waals surface area contributed by atoms with Gasteiger partial charge in [-0.1, -0.05) is 155 Å². The average molecular weight is 742 g/mol. The zero-order valence-electron chi connectivity index (χ0n) is 33.3. The number of hydrogen-bond donors (Lipinski definition) is 1. The van der Waals surface area contributed by atoms with Crippen LogP contribution in [0.3, 0.4) is 0 Å². The molecule has 0 fully saturated rings. The van der Waals surface area contributed by atoms with Crippen LogP contribution in [-0.2, 0) is 10.8 Å². The summed E-state index contributed by atoms with van der Waals surface area (Å²) in [7, 11) is 0. The van der Waals surface area contributed by atoms with Gasteiger partial charge in [0.05, 0.1) is 28.4 Å². The van der Waals surface area contributed by atoms with E-state index in [1.807, 2.05) is 0 Å². The van der Waals surface area contributed by atoms with Crippen molar-refractivity contribution >= 4 is 40.1 Å². The predicted octanol–water partition coefficient (Wildman–Crippen LogP) is 12.6. The first kappa shape index (κ1) is 35.0. The summed E-state index contributed by atoms with van der Waals surface area (Å²) >= 11 is 0. The first-order valence-electron chi connectivity index (χ1n) is 20.2. The Morgan fingerprint density at radius 3 is 1.75 bits per heavy atom. The quantitative estimate of drug-likeness (QED) is 0.191. The monoisotopic (exact) mass is 741 g/mol. The minimum Gasteiger partial charge on any atom is -0.324 e. The number of fused-ring (bicyclic) bond motifs is 4. The second-order valence-corrected chi connectivity index (χ2v) is 16.6. The number of rotatable bonds is 5. The van der Waals surface area contributed by atoms with Crippen LogP contribution in [0.2, 0.25) is 0 Å². The molecule has 10 rings (SSSR count). The largest absolute Gasteiger partial charge is 0.324 e. The lowest BCUT2D eigenvalue weighted by Crippen LogP contribution is -2.39. The molecule has 0 saturated heterocycles. The molecule has 0 saturated carbocycles. The van der Waals surface area contributed by atoms with Gasteiger partial charge in [-0.3, -0.25) is 0 Å². The lowest BCUT2D eigenvalue weighted by atomic mass is 9.70. The van der Waals surface area contributed by atoms with Gasteiger partial charge in [0.25, 0.3) is 0 Å². The van der Waals surface area contributed by atoms with Crippen molar-refractivity contribution in [1.82, 2.24) is 5.32 Å². The lowest BCUT2D eigenvalue weighted by Gasteiger charge is -2.46. The predicted molar refractivity (Wildman–Crippen MR) is 237 cm³/mol. The molecule has 280 valence electrons. The molecule has 3 aliphatic heterocycles. The molecule has 0 amide bonds. The van der Waals surface area contributed by atoms with Crippen molar-refractivity contribution in [1.29, 1.82) is 0 Å². The van der Waals surface area contributed by atoms with Crippen LogP contribution in [0.5, 0.6) is 0 Å². The SMILES string of the molecule is Cc1cccc(C2N=C(c3ccccc3)NC(c3ccccc3N3C4=CCCC=C4C(C)(C)c4ccccc43)=N2)c1N1c2ccccc2C(C)(C)c2ccccc21. The molecule has 6 aromatic rings. The zero-order chi connectivity index (χ0) is 38.9. The first-order valence-corrected chi connectivity index (χ1v) is 20.2. The molecule has 1 atom stereocenters. The number of nitrogens with zero attached hydrogens (tertiary/aromatic N) is 4. The molecule has 5 nitrogen and oxygen atoms in total. The third-order valence-electron chi connectivity index (χ3n) is 12.5. The molecule has 0 spiro atoms. The number of benzene rings is 6. The number of aliphatic imine (C=N–C) groups is 2. The molecular formula is C52H47N5. The summed E-state index contributed by atoms with van der Waals surface area (Å²) in [4.78, 5) is 16.0. The standard InChI is InChI=1S/C52H47N5/c1-34-20-19-24-37(47(34)57-45-32-17-12-27-40(45)52(4,5)41-28-13-18-33-46(41)57)50-54-48(35-21-7-6-8-22-35)53-49(55-50)36-23-9-14-29-42(36)56-43-30-15-10-25-38(43)51(2,3)39-26-11-16-31-44(39)56/h6-10,12-15,17-33,50H,11,16H2,1-5H3,(H,53,54,55). The summed E-state index contributed by atoms with van der Waals surface area (Å²) in [5, 5.41) is 3.76. The van der Waals surface area contributed by atoms with Gasteiger partial charge in [0.2, 0.25) is 0 Å². The van der Waals surface area contributed by atoms with Gasteiger partial charge in [-0.15, -0.1) is 0 Å². The maximum absolute atomic E-state index is 5.61. The molecule has 1 aliphatic carbocycles. The van der Waals surface area contributed by atoms with E-state index in [4.69, 9.17) is 9.98 Å². The molecule has 0 bridgehead atoms. The van der Waals surface area contributed by atoms with Crippen LogP contribution in [0, 0.1) is 6.92 Å². The highest BCUT2D eigenvalue weighted by atomic mass is 15.2. The molecule has 0 aromatic heterocycles. The number of anilines is 5. The number of amidine groups is 2. The van der Waals surface area contributed by atoms with E-state index in [0.717, 1.165) is 52.6 Å². The van der Waals surface area contributed by atoms with Crippen LogP contribution >= 0.6 is 0 Å². The molecule has 6 aromatic carbocycles. The molecular weight excluding hydrogens is 695 g/mol. The van der Waals surface area contributed by atoms with E-state index < -0.39 is 6.17 Å². The Labute approximate surface area is 336 Å². The van der Waals surface area contributed by atoms with E-state index in [2.05, 4.69) is 207 Å². The maximum atomic E-state index is 5.61. The Kier molecular flexibility index (Phi) is 8.19. The minimum absolute atomic E-state index is 0.115. The highest BCUT2D eigenvalue weighted by Gasteiger charge is 2.41. The van der Waals surface area contributed by atoms with E-state index >= 15 is 0 Å². The summed E-state index contributed by atoms with van der Waals surface area (Å²) < 4.78 is 0. The average Bonchev–Trinajstić information content (AvgIpc) is 3.25. The van der Waals surface area contributed by atoms with Crippen LogP contribution in [0.25, 0.3) is 0 Å². The van der Waals surface area contributed by atoms with E-state index in [9.17, 15) is 0 Å². The summed E-state index contributed by atoms with van der Waals surface area (Å²) in [6.07, 6.45) is 6.41. The summed E-state index contributed by atoms with van der Waals surface area (Å²) in [5.41, 5.74) is 16.3. The van der Waals surface area contributed by atoms with Crippen LogP contribution in [0.4, 0.5) is 28.4 Å². The Morgan fingerprint density at radius 2 is 1.07 bits per heavy atom. The van der Waals surface area contributed by atoms with E-state index in [1.54, 1.807) is 0 Å². The number of nitrogens with one attached hydrogen (secondary N) is 1. The van der Waals surface area contributed by atoms with Crippen molar-refractivity contribution in [2.24, 2.45) is 9.98 Å². The Morgan fingerprint density at radius 1 is 0.526 bits per heavy atom. The second-order valence-electron chi connectivity index (χ2n) is 16.6. The van der Waals surface area contributed by atoms with Crippen molar-refractivity contribution in [2.45, 2.75) is 64.5 Å². The minimum atomic E-state index is -0.523. The van der Waals surface area contributed by atoms with Gasteiger partial charge in [0, 0.05) is 33.2 Å². The summed E-state index contributed by atoms with van der Waals surface area (Å²) in [6.45, 7) is 11.6. The molecule has 1 N–H and O–H groups in total. The van der Waals surface area contributed by atoms with Gasteiger partial charge in [0.15, 0.2) is 6.17 Å². The maximum Gasteiger partial charge on any atom is 0.171 e. The van der Waals surface area contributed by atoms with Crippen LogP contribution < -0.4 is 15.1 Å². The van der Waals surface area contributed by atoms with Gasteiger partial charge >= 0.3 is 0 Å². The van der Waals surface area contributed by atoms with Crippen molar-refractivity contribution < 1.29 is 0 Å². The zero-order valence-corrected chi connectivity index (χ0v) is 33.3. The van der Waals surface area contributed by atoms with Crippen molar-refractivity contribution in [2.75, 3.05) is 9.80 Å². The fourth-order valence-electron chi connectivity index (χ4n) is 9.62. The molecule has 4 aliphatic rings. The molecule has 57 heavy (non-hydrogen) atoms. The van der Waals surface area contributed by atoms with Crippen molar-refractivity contribution in [3.05, 3.63) is 208 Å². The van der Waals surface area contributed by atoms with Gasteiger partial charge in [-0.05, 0) is 77.9 Å². The molecule has 0 radical (unpaired) electrons. The fraction of sp³-hybridized carbons (Fsp3) is 0.192. The number of allylic oxidation sites excluding steroid dienone is 3. The molecule has 5 heteroatoms. The Bertz CT molecular complexity index is 2650. The summed E-state index contributed by atoms with van der Waals surface area (Å²) in [6, 6.07) is 52.3. The highest BCUT2D eigenvalue weighted by molar-refractivity contribution is 6.18. The lowest BCUT2D eigenvalue weighted by molar-refractivity contribution is 0.603. The van der Waals surface area contributed by atoms with Gasteiger partial charge in [-0.25, -0.2) is 9.98 Å². The van der Waals surface area contributed by atoms with E-state index in [1.165, 1.54) is 50.6 Å². The van der Waals surface area contributed by atoms with Crippen molar-refractivity contribution in [3.8, 4) is 0 Å². The second kappa shape index (κ2) is 13.3. The fourth-order valence-corrected chi connectivity index (χ4v) is 9.62. The highest BCUT2D eigenvalue weighted by Crippen LogP contribution is 2.55. The Hall–Kier alpha value is -6.46. The number of hydrogen-bond acceptors (Lipinski definition) is 5. The first-order chi connectivity index (χ1) is 27.7. The van der Waals surface area contributed by atoms with Crippen LogP contribution in [0.15, 0.2) is 179 Å². The summed E-state index contributed by atoms with van der Waals surface area (Å²) in [5.74, 6) is 1.59. The van der Waals surface area contributed by atoms with Gasteiger partial charge in [0.1, 0.15) is 11.7 Å². The third kappa shape index (κ3) is 5.51. The van der Waals surface area contributed by atoms with E-state index in [0.29, 0.717) is 0 Å². The third-order valence-corrected chi connectivity index (χ3v) is 12.5. The topological polar surface area (TPSA) is 43.2 Å². The molecule has 3 heterocycles. The Balaban J connectivity index is 1.18. The van der Waals surface area contributed by atoms with Crippen LogP contribution in [-0.4, -0.2) is 11.7 Å². The number of aryl methyl sites for hydroxylation is 1. The smallest absolute Gasteiger partial charge is 0.171 e. The van der Waals surface area contributed by atoms with Gasteiger partial charge < -0.3 is 15.1 Å². The van der Waals surface area contributed by atoms with Crippen LogP contribution in [0.1, 0.15) is 85.6 Å². The molecule has 1 unspecified atom stereocenters. The van der Waals surface area contributed by atoms with Gasteiger partial charge in [-0.2, -0.15) is 0 Å². The normalized spacial score (nSPS) is 18.7.